The van der Waals surface area contributed by atoms with Crippen molar-refractivity contribution in [3.63, 3.8) is 0 Å². The van der Waals surface area contributed by atoms with Crippen LogP contribution in [0, 0.1) is 0 Å². The highest BCUT2D eigenvalue weighted by atomic mass is 16.6. The lowest BCUT2D eigenvalue weighted by atomic mass is 10.4. The van der Waals surface area contributed by atoms with Crippen LogP contribution in [0.4, 0.5) is 0 Å². The Morgan fingerprint density at radius 1 is 1.06 bits per heavy atom. The smallest absolute Gasteiger partial charge is 0.303 e. The SMILES string of the molecule is CC(=O)OCC(CO)OC(C)=O.OCCO. The summed E-state index contributed by atoms with van der Waals surface area (Å²) in [6.07, 6.45) is -0.758. The van der Waals surface area contributed by atoms with Crippen molar-refractivity contribution in [2.45, 2.75) is 20.0 Å². The Hall–Kier alpha value is -1.18. The maximum absolute atomic E-state index is 10.4. The van der Waals surface area contributed by atoms with Gasteiger partial charge < -0.3 is 24.8 Å². The van der Waals surface area contributed by atoms with Crippen molar-refractivity contribution in [2.24, 2.45) is 0 Å². The standard InChI is InChI=1S/C7H12O5.C2H6O2/c1-5(9)11-4-7(3-8)12-6(2)10;3-1-2-4/h7-8H,3-4H2,1-2H3;3-4H,1-2H2. The average Bonchev–Trinajstić information content (AvgIpc) is 2.23. The molecule has 0 aromatic carbocycles. The Morgan fingerprint density at radius 2 is 1.56 bits per heavy atom. The highest BCUT2D eigenvalue weighted by molar-refractivity contribution is 5.67. The van der Waals surface area contributed by atoms with Crippen LogP contribution in [0.3, 0.4) is 0 Å². The Kier molecular flexibility index (Phi) is 12.8. The number of carbonyl (C=O) groups excluding carboxylic acids is 2. The van der Waals surface area contributed by atoms with Crippen LogP contribution >= 0.6 is 0 Å². The average molecular weight is 238 g/mol. The maximum Gasteiger partial charge on any atom is 0.303 e. The van der Waals surface area contributed by atoms with E-state index in [1.807, 2.05) is 0 Å². The van der Waals surface area contributed by atoms with Gasteiger partial charge in [-0.1, -0.05) is 0 Å². The third-order valence-corrected chi connectivity index (χ3v) is 1.11. The molecule has 0 aromatic rings. The summed E-state index contributed by atoms with van der Waals surface area (Å²) >= 11 is 0. The van der Waals surface area contributed by atoms with Crippen LogP contribution in [-0.2, 0) is 19.1 Å². The number of aliphatic hydroxyl groups is 3. The van der Waals surface area contributed by atoms with Crippen LogP contribution in [0.5, 0.6) is 0 Å². The fourth-order valence-corrected chi connectivity index (χ4v) is 0.569. The molecular formula is C9H18O7. The largest absolute Gasteiger partial charge is 0.462 e. The molecule has 0 amide bonds. The summed E-state index contributed by atoms with van der Waals surface area (Å²) in [6, 6.07) is 0. The van der Waals surface area contributed by atoms with Gasteiger partial charge in [0.1, 0.15) is 6.61 Å². The Balaban J connectivity index is 0. The molecule has 0 radical (unpaired) electrons. The second-order valence-electron chi connectivity index (χ2n) is 2.66. The van der Waals surface area contributed by atoms with Gasteiger partial charge in [-0.2, -0.15) is 0 Å². The molecule has 7 heteroatoms. The molecule has 3 N–H and O–H groups in total. The van der Waals surface area contributed by atoms with Crippen LogP contribution in [0.2, 0.25) is 0 Å². The van der Waals surface area contributed by atoms with Crippen molar-refractivity contribution in [1.82, 2.24) is 0 Å². The molecule has 0 aliphatic carbocycles. The zero-order chi connectivity index (χ0) is 13.0. The van der Waals surface area contributed by atoms with Crippen molar-refractivity contribution in [3.8, 4) is 0 Å². The maximum atomic E-state index is 10.4. The van der Waals surface area contributed by atoms with Crippen molar-refractivity contribution in [2.75, 3.05) is 26.4 Å². The molecular weight excluding hydrogens is 220 g/mol. The van der Waals surface area contributed by atoms with E-state index in [9.17, 15) is 9.59 Å². The van der Waals surface area contributed by atoms with Crippen molar-refractivity contribution >= 4 is 11.9 Å². The van der Waals surface area contributed by atoms with Crippen LogP contribution < -0.4 is 0 Å². The molecule has 0 saturated carbocycles. The fraction of sp³-hybridized carbons (Fsp3) is 0.778. The Bertz CT molecular complexity index is 190. The van der Waals surface area contributed by atoms with Gasteiger partial charge in [-0.25, -0.2) is 0 Å². The van der Waals surface area contributed by atoms with Gasteiger partial charge >= 0.3 is 11.9 Å². The van der Waals surface area contributed by atoms with Crippen molar-refractivity contribution in [3.05, 3.63) is 0 Å². The van der Waals surface area contributed by atoms with E-state index < -0.39 is 18.0 Å². The summed E-state index contributed by atoms with van der Waals surface area (Å²) in [5, 5.41) is 23.9. The Morgan fingerprint density at radius 3 is 1.81 bits per heavy atom. The van der Waals surface area contributed by atoms with Crippen LogP contribution in [0.1, 0.15) is 13.8 Å². The molecule has 0 aromatic heterocycles. The van der Waals surface area contributed by atoms with Gasteiger partial charge in [-0.15, -0.1) is 0 Å². The third kappa shape index (κ3) is 15.3. The van der Waals surface area contributed by atoms with Crippen LogP contribution in [-0.4, -0.2) is 59.8 Å². The first kappa shape index (κ1) is 17.2. The van der Waals surface area contributed by atoms with E-state index in [0.29, 0.717) is 0 Å². The van der Waals surface area contributed by atoms with E-state index in [2.05, 4.69) is 9.47 Å². The van der Waals surface area contributed by atoms with Gasteiger partial charge in [0.05, 0.1) is 19.8 Å². The minimum absolute atomic E-state index is 0.106. The van der Waals surface area contributed by atoms with Gasteiger partial charge in [0, 0.05) is 13.8 Å². The summed E-state index contributed by atoms with van der Waals surface area (Å²) in [4.78, 5) is 20.7. The molecule has 0 saturated heterocycles. The summed E-state index contributed by atoms with van der Waals surface area (Å²) in [5.74, 6) is -0.984. The minimum atomic E-state index is -0.758. The van der Waals surface area contributed by atoms with Crippen molar-refractivity contribution in [1.29, 1.82) is 0 Å². The zero-order valence-corrected chi connectivity index (χ0v) is 9.38. The zero-order valence-electron chi connectivity index (χ0n) is 9.38. The molecule has 96 valence electrons. The first-order valence-corrected chi connectivity index (χ1v) is 4.61. The topological polar surface area (TPSA) is 113 Å². The summed E-state index contributed by atoms with van der Waals surface area (Å²) in [5.41, 5.74) is 0. The number of hydrogen-bond acceptors (Lipinski definition) is 7. The molecule has 0 fully saturated rings. The van der Waals surface area contributed by atoms with Crippen LogP contribution in [0.15, 0.2) is 0 Å². The van der Waals surface area contributed by atoms with Gasteiger partial charge in [-0.05, 0) is 0 Å². The lowest BCUT2D eigenvalue weighted by Gasteiger charge is -2.13. The third-order valence-electron chi connectivity index (χ3n) is 1.11. The van der Waals surface area contributed by atoms with Gasteiger partial charge in [0.15, 0.2) is 6.10 Å². The van der Waals surface area contributed by atoms with E-state index in [-0.39, 0.29) is 26.4 Å². The number of esters is 2. The second kappa shape index (κ2) is 11.9. The first-order valence-electron chi connectivity index (χ1n) is 4.61. The van der Waals surface area contributed by atoms with Gasteiger partial charge in [0.25, 0.3) is 0 Å². The number of carbonyl (C=O) groups is 2. The minimum Gasteiger partial charge on any atom is -0.462 e. The van der Waals surface area contributed by atoms with Crippen molar-refractivity contribution < 1.29 is 34.4 Å². The van der Waals surface area contributed by atoms with E-state index in [0.717, 1.165) is 0 Å². The molecule has 0 spiro atoms. The quantitative estimate of drug-likeness (QED) is 0.496. The number of hydrogen-bond donors (Lipinski definition) is 3. The molecule has 1 unspecified atom stereocenters. The predicted octanol–water partition coefficient (Wildman–Crippen LogP) is -1.56. The summed E-state index contributed by atoms with van der Waals surface area (Å²) in [7, 11) is 0. The number of rotatable bonds is 5. The van der Waals surface area contributed by atoms with Gasteiger partial charge in [-0.3, -0.25) is 9.59 Å². The normalized spacial score (nSPS) is 10.8. The molecule has 0 bridgehead atoms. The highest BCUT2D eigenvalue weighted by Gasteiger charge is 2.11. The molecule has 7 nitrogen and oxygen atoms in total. The summed E-state index contributed by atoms with van der Waals surface area (Å²) < 4.78 is 9.10. The van der Waals surface area contributed by atoms with Gasteiger partial charge in [0.2, 0.25) is 0 Å². The molecule has 0 aliphatic rings. The van der Waals surface area contributed by atoms with E-state index in [4.69, 9.17) is 15.3 Å². The molecule has 16 heavy (non-hydrogen) atoms. The van der Waals surface area contributed by atoms with E-state index >= 15 is 0 Å². The summed E-state index contributed by atoms with van der Waals surface area (Å²) in [6.45, 7) is 1.75. The fourth-order valence-electron chi connectivity index (χ4n) is 0.569. The number of aliphatic hydroxyl groups excluding tert-OH is 3. The Labute approximate surface area is 93.6 Å². The lowest BCUT2D eigenvalue weighted by Crippen LogP contribution is -2.26. The second-order valence-corrected chi connectivity index (χ2v) is 2.66. The molecule has 1 atom stereocenters. The molecule has 0 aliphatic heterocycles. The molecule has 0 heterocycles. The highest BCUT2D eigenvalue weighted by Crippen LogP contribution is 1.93. The van der Waals surface area contributed by atoms with E-state index in [1.54, 1.807) is 0 Å². The predicted molar refractivity (Wildman–Crippen MR) is 53.4 cm³/mol. The van der Waals surface area contributed by atoms with Crippen LogP contribution in [0.25, 0.3) is 0 Å². The van der Waals surface area contributed by atoms with E-state index in [1.165, 1.54) is 13.8 Å². The lowest BCUT2D eigenvalue weighted by molar-refractivity contribution is -0.158. The first-order chi connectivity index (χ1) is 7.47. The monoisotopic (exact) mass is 238 g/mol. The molecule has 0 rings (SSSR count). The number of ether oxygens (including phenoxy) is 2.